The molecule has 4 nitrogen and oxygen atoms in total. The highest BCUT2D eigenvalue weighted by Gasteiger charge is 2.21. The molecule has 5 heteroatoms. The number of nitriles is 1. The molecule has 0 fully saturated rings. The molecule has 0 saturated heterocycles. The van der Waals surface area contributed by atoms with Gasteiger partial charge in [0.05, 0.1) is 10.6 Å². The van der Waals surface area contributed by atoms with Crippen LogP contribution in [0.15, 0.2) is 0 Å². The van der Waals surface area contributed by atoms with Gasteiger partial charge < -0.3 is 10.6 Å². The number of anilines is 2. The third-order valence-corrected chi connectivity index (χ3v) is 3.78. The number of hydrogen-bond donors (Lipinski definition) is 1. The van der Waals surface area contributed by atoms with Gasteiger partial charge in [0.2, 0.25) is 0 Å². The number of thiophene rings is 1. The summed E-state index contributed by atoms with van der Waals surface area (Å²) < 4.78 is 0. The number of nitrogens with two attached hydrogens (primary N) is 1. The Morgan fingerprint density at radius 1 is 1.50 bits per heavy atom. The van der Waals surface area contributed by atoms with E-state index >= 15 is 0 Å². The first-order valence-electron chi connectivity index (χ1n) is 5.14. The lowest BCUT2D eigenvalue weighted by Crippen LogP contribution is -2.21. The van der Waals surface area contributed by atoms with Crippen molar-refractivity contribution >= 4 is 27.8 Å². The van der Waals surface area contributed by atoms with Crippen molar-refractivity contribution in [3.05, 3.63) is 10.4 Å². The third kappa shape index (κ3) is 2.02. The number of rotatable bonds is 4. The van der Waals surface area contributed by atoms with Gasteiger partial charge in [0.15, 0.2) is 5.78 Å². The number of carbonyl (C=O) groups excluding carboxylic acids is 1. The predicted octanol–water partition coefficient (Wildman–Crippen LogP) is 2.25. The molecule has 0 unspecified atom stereocenters. The van der Waals surface area contributed by atoms with Crippen LogP contribution in [0.3, 0.4) is 0 Å². The number of ketones is 1. The second-order valence-electron chi connectivity index (χ2n) is 3.37. The molecular weight excluding hydrogens is 222 g/mol. The van der Waals surface area contributed by atoms with Crippen molar-refractivity contribution < 1.29 is 4.79 Å². The van der Waals surface area contributed by atoms with Crippen LogP contribution in [0.2, 0.25) is 0 Å². The van der Waals surface area contributed by atoms with E-state index in [1.54, 1.807) is 0 Å². The largest absolute Gasteiger partial charge is 0.396 e. The van der Waals surface area contributed by atoms with E-state index in [9.17, 15) is 4.79 Å². The summed E-state index contributed by atoms with van der Waals surface area (Å²) in [5, 5.41) is 9.87. The van der Waals surface area contributed by atoms with E-state index in [2.05, 4.69) is 6.07 Å². The Balaban J connectivity index is 3.35. The first-order valence-corrected chi connectivity index (χ1v) is 5.96. The maximum atomic E-state index is 11.3. The minimum Gasteiger partial charge on any atom is -0.396 e. The maximum absolute atomic E-state index is 11.3. The monoisotopic (exact) mass is 237 g/mol. The summed E-state index contributed by atoms with van der Waals surface area (Å²) in [6.07, 6.45) is 0. The lowest BCUT2D eigenvalue weighted by Gasteiger charge is -2.18. The highest BCUT2D eigenvalue weighted by atomic mass is 32.1. The Morgan fingerprint density at radius 3 is 2.44 bits per heavy atom. The molecule has 1 heterocycles. The van der Waals surface area contributed by atoms with Crippen molar-refractivity contribution in [2.45, 2.75) is 20.8 Å². The minimum atomic E-state index is -0.0857. The molecule has 86 valence electrons. The summed E-state index contributed by atoms with van der Waals surface area (Å²) >= 11 is 1.30. The van der Waals surface area contributed by atoms with E-state index < -0.39 is 0 Å². The molecule has 1 aromatic rings. The Labute approximate surface area is 99.3 Å². The summed E-state index contributed by atoms with van der Waals surface area (Å²) in [7, 11) is 0. The van der Waals surface area contributed by atoms with Crippen molar-refractivity contribution in [2.75, 3.05) is 23.7 Å². The van der Waals surface area contributed by atoms with Crippen LogP contribution in [0.1, 0.15) is 36.0 Å². The quantitative estimate of drug-likeness (QED) is 0.815. The normalized spacial score (nSPS) is 9.88. The Kier molecular flexibility index (Phi) is 3.91. The van der Waals surface area contributed by atoms with Crippen LogP contribution in [0.25, 0.3) is 0 Å². The van der Waals surface area contributed by atoms with Gasteiger partial charge >= 0.3 is 0 Å². The van der Waals surface area contributed by atoms with Crippen LogP contribution in [0.5, 0.6) is 0 Å². The summed E-state index contributed by atoms with van der Waals surface area (Å²) in [5.74, 6) is -0.0857. The van der Waals surface area contributed by atoms with Crippen LogP contribution in [-0.2, 0) is 0 Å². The van der Waals surface area contributed by atoms with Gasteiger partial charge in [0.25, 0.3) is 0 Å². The van der Waals surface area contributed by atoms with E-state index in [1.807, 2.05) is 18.7 Å². The number of carbonyl (C=O) groups is 1. The van der Waals surface area contributed by atoms with E-state index in [0.717, 1.165) is 18.1 Å². The second kappa shape index (κ2) is 4.99. The molecular formula is C11H15N3OS. The van der Waals surface area contributed by atoms with E-state index in [-0.39, 0.29) is 5.78 Å². The van der Waals surface area contributed by atoms with E-state index in [0.29, 0.717) is 16.1 Å². The molecule has 1 rings (SSSR count). The van der Waals surface area contributed by atoms with Gasteiger partial charge in [-0.15, -0.1) is 11.3 Å². The van der Waals surface area contributed by atoms with Crippen molar-refractivity contribution in [3.63, 3.8) is 0 Å². The third-order valence-electron chi connectivity index (χ3n) is 2.41. The fourth-order valence-corrected chi connectivity index (χ4v) is 2.73. The summed E-state index contributed by atoms with van der Waals surface area (Å²) in [6, 6.07) is 2.08. The molecule has 0 aliphatic rings. The predicted molar refractivity (Wildman–Crippen MR) is 67.0 cm³/mol. The first-order chi connectivity index (χ1) is 7.56. The van der Waals surface area contributed by atoms with Crippen LogP contribution in [-0.4, -0.2) is 18.9 Å². The van der Waals surface area contributed by atoms with Gasteiger partial charge in [-0.05, 0) is 13.8 Å². The van der Waals surface area contributed by atoms with E-state index in [1.165, 1.54) is 18.3 Å². The van der Waals surface area contributed by atoms with Crippen molar-refractivity contribution in [3.8, 4) is 6.07 Å². The van der Waals surface area contributed by atoms with Gasteiger partial charge in [0, 0.05) is 20.0 Å². The molecule has 0 bridgehead atoms. The topological polar surface area (TPSA) is 70.1 Å². The molecule has 0 saturated carbocycles. The highest BCUT2D eigenvalue weighted by molar-refractivity contribution is 7.19. The lowest BCUT2D eigenvalue weighted by atomic mass is 10.2. The molecule has 0 aliphatic carbocycles. The van der Waals surface area contributed by atoms with Gasteiger partial charge in [-0.3, -0.25) is 4.79 Å². The summed E-state index contributed by atoms with van der Waals surface area (Å²) in [4.78, 5) is 13.9. The standard InChI is InChI=1S/C11H15N3OS/c1-4-14(5-2)11-8(6-12)9(13)10(16-11)7(3)15/h4-5,13H2,1-3H3. The fourth-order valence-electron chi connectivity index (χ4n) is 1.53. The van der Waals surface area contributed by atoms with Crippen molar-refractivity contribution in [2.24, 2.45) is 0 Å². The Morgan fingerprint density at radius 2 is 2.06 bits per heavy atom. The molecule has 2 N–H and O–H groups in total. The van der Waals surface area contributed by atoms with Gasteiger partial charge in [-0.25, -0.2) is 0 Å². The minimum absolute atomic E-state index is 0.0857. The van der Waals surface area contributed by atoms with Crippen LogP contribution in [0.4, 0.5) is 10.7 Å². The SMILES string of the molecule is CCN(CC)c1sc(C(C)=O)c(N)c1C#N. The van der Waals surface area contributed by atoms with Crippen molar-refractivity contribution in [1.29, 1.82) is 5.26 Å². The zero-order chi connectivity index (χ0) is 12.3. The van der Waals surface area contributed by atoms with Gasteiger partial charge in [0.1, 0.15) is 16.6 Å². The Bertz CT molecular complexity index is 441. The second-order valence-corrected chi connectivity index (χ2v) is 4.36. The number of nitrogen functional groups attached to an aromatic ring is 1. The van der Waals surface area contributed by atoms with Gasteiger partial charge in [-0.1, -0.05) is 0 Å². The van der Waals surface area contributed by atoms with Crippen LogP contribution < -0.4 is 10.6 Å². The molecule has 0 aliphatic heterocycles. The molecule has 16 heavy (non-hydrogen) atoms. The zero-order valence-electron chi connectivity index (χ0n) is 9.70. The summed E-state index contributed by atoms with van der Waals surface area (Å²) in [6.45, 7) is 7.07. The van der Waals surface area contributed by atoms with Crippen molar-refractivity contribution in [1.82, 2.24) is 0 Å². The smallest absolute Gasteiger partial charge is 0.171 e. The number of hydrogen-bond acceptors (Lipinski definition) is 5. The zero-order valence-corrected chi connectivity index (χ0v) is 10.5. The fraction of sp³-hybridized carbons (Fsp3) is 0.455. The number of nitrogens with zero attached hydrogens (tertiary/aromatic N) is 2. The van der Waals surface area contributed by atoms with Crippen LogP contribution in [0, 0.1) is 11.3 Å². The van der Waals surface area contributed by atoms with Gasteiger partial charge in [-0.2, -0.15) is 5.26 Å². The van der Waals surface area contributed by atoms with E-state index in [4.69, 9.17) is 11.0 Å². The molecule has 0 radical (unpaired) electrons. The molecule has 0 spiro atoms. The maximum Gasteiger partial charge on any atom is 0.171 e. The molecule has 0 atom stereocenters. The number of Topliss-reactive ketones (excluding diaryl/α,β-unsaturated/α-hetero) is 1. The summed E-state index contributed by atoms with van der Waals surface area (Å²) in [5.41, 5.74) is 6.55. The lowest BCUT2D eigenvalue weighted by molar-refractivity contribution is 0.102. The average Bonchev–Trinajstić information content (AvgIpc) is 2.58. The molecule has 0 amide bonds. The molecule has 1 aromatic heterocycles. The Hall–Kier alpha value is -1.54. The highest BCUT2D eigenvalue weighted by Crippen LogP contribution is 2.37. The average molecular weight is 237 g/mol. The van der Waals surface area contributed by atoms with Crippen LogP contribution >= 0.6 is 11.3 Å². The molecule has 0 aromatic carbocycles. The first kappa shape index (κ1) is 12.5.